The third kappa shape index (κ3) is 8.65. The zero-order valence-corrected chi connectivity index (χ0v) is 37.3. The summed E-state index contributed by atoms with van der Waals surface area (Å²) in [6, 6.07) is 6.94. The molecular weight excluding hydrogens is 794 g/mol. The van der Waals surface area contributed by atoms with Gasteiger partial charge in [-0.3, -0.25) is 4.79 Å². The Morgan fingerprint density at radius 3 is 2.20 bits per heavy atom. The number of Topliss-reactive ketones (excluding diaryl/α,β-unsaturated/α-hetero) is 1. The minimum absolute atomic E-state index is 0.0479. The summed E-state index contributed by atoms with van der Waals surface area (Å²) in [4.78, 5) is 70.3. The fourth-order valence-corrected chi connectivity index (χ4v) is 9.98. The molecule has 0 unspecified atom stereocenters. The Morgan fingerprint density at radius 2 is 1.67 bits per heavy atom. The molecule has 4 aliphatic rings. The van der Waals surface area contributed by atoms with E-state index in [1.807, 2.05) is 13.8 Å². The number of carbonyl (C=O) groups excluding carboxylic acids is 5. The fourth-order valence-electron chi connectivity index (χ4n) is 9.98. The largest absolute Gasteiger partial charge is 0.509 e. The number of hydrogen-bond acceptors (Lipinski definition) is 15. The second kappa shape index (κ2) is 17.3. The Kier molecular flexibility index (Phi) is 13.5. The zero-order chi connectivity index (χ0) is 45.6. The number of benzene rings is 1. The zero-order valence-electron chi connectivity index (χ0n) is 37.3. The predicted octanol–water partition coefficient (Wildman–Crippen LogP) is 5.36. The lowest BCUT2D eigenvalue weighted by Gasteiger charge is -2.68. The van der Waals surface area contributed by atoms with Crippen molar-refractivity contribution < 1.29 is 72.1 Å². The lowest BCUT2D eigenvalue weighted by Crippen LogP contribution is -2.81. The number of ether oxygens (including phenoxy) is 8. The maximum absolute atomic E-state index is 15.8. The molecule has 1 aromatic rings. The molecule has 1 heterocycles. The average molecular weight is 858 g/mol. The molecule has 1 aliphatic heterocycles. The van der Waals surface area contributed by atoms with Crippen LogP contribution in [0.25, 0.3) is 0 Å². The Labute approximate surface area is 357 Å². The van der Waals surface area contributed by atoms with E-state index in [1.165, 1.54) is 7.11 Å². The molecule has 5 rings (SSSR count). The summed E-state index contributed by atoms with van der Waals surface area (Å²) >= 11 is 0. The monoisotopic (exact) mass is 857 g/mol. The van der Waals surface area contributed by atoms with Gasteiger partial charge < -0.3 is 53.4 Å². The van der Waals surface area contributed by atoms with Gasteiger partial charge in [0.25, 0.3) is 0 Å². The molecule has 1 aromatic carbocycles. The number of aliphatic hydroxyl groups excluding tert-OH is 1. The smallest absolute Gasteiger partial charge is 0.487 e. The molecule has 0 radical (unpaired) electrons. The third-order valence-electron chi connectivity index (χ3n) is 12.9. The third-order valence-corrected chi connectivity index (χ3v) is 12.9. The van der Waals surface area contributed by atoms with Crippen LogP contribution < -0.4 is 5.32 Å². The SMILES string of the molecule is C=C(C)O[C@@]12CO[C@@H]1C[C@H](OC)[C@@]1(C)C(=O)[C@H](OC(=O)OC)C3=C(C)[C@@H](OC(=O)[C@H](O)[C@H](CC(C)C)NC(=O)OC(C)(C)C)C[C@@](O)([C@@H](OC(=O)c4ccccc4)[C@H]21)C3(C)C. The number of ketones is 1. The topological polar surface area (TPSA) is 212 Å². The molecular formula is C45H63NO15. The van der Waals surface area contributed by atoms with Gasteiger partial charge in [0.1, 0.15) is 29.5 Å². The lowest BCUT2D eigenvalue weighted by atomic mass is 9.44. The standard InChI is InChI=1S/C45H63NO15/c1-23(2)19-27(46-39(51)61-41(6,7)8)32(47)38(50)57-28-21-45(53)36(59-37(49)26-17-15-14-16-18-26)34-43(11,29(54-12)20-30-44(34,22-56-30)60-24(3)4)35(48)33(58-40(52)55-13)31(25(28)5)42(45,9)10/h14-18,23,27-30,32-34,36,47,53H,3,19-22H2,1-2,4-13H3,(H,46,51)/t27-,28-,29-,30+,32+,33+,34-,36-,43+,44-,45+/m0/s1. The van der Waals surface area contributed by atoms with Crippen molar-refractivity contribution in [1.82, 2.24) is 5.32 Å². The maximum Gasteiger partial charge on any atom is 0.509 e. The maximum atomic E-state index is 15.8. The quantitative estimate of drug-likeness (QED) is 0.104. The van der Waals surface area contributed by atoms with Gasteiger partial charge in [-0.05, 0) is 77.2 Å². The Morgan fingerprint density at radius 1 is 1.03 bits per heavy atom. The number of carbonyl (C=O) groups is 5. The lowest BCUT2D eigenvalue weighted by molar-refractivity contribution is -0.349. The number of amides is 1. The second-order valence-corrected chi connectivity index (χ2v) is 18.9. The summed E-state index contributed by atoms with van der Waals surface area (Å²) in [5.41, 5.74) is -7.57. The van der Waals surface area contributed by atoms with Gasteiger partial charge in [0.05, 0.1) is 48.5 Å². The molecule has 3 fully saturated rings. The minimum atomic E-state index is -2.28. The number of rotatable bonds is 12. The van der Waals surface area contributed by atoms with E-state index in [-0.39, 0.29) is 47.8 Å². The van der Waals surface area contributed by atoms with Gasteiger partial charge in [-0.25, -0.2) is 19.2 Å². The molecule has 1 saturated heterocycles. The van der Waals surface area contributed by atoms with Gasteiger partial charge in [0.2, 0.25) is 0 Å². The first-order valence-electron chi connectivity index (χ1n) is 20.6. The number of aliphatic hydroxyl groups is 2. The van der Waals surface area contributed by atoms with Gasteiger partial charge in [-0.1, -0.05) is 52.5 Å². The summed E-state index contributed by atoms with van der Waals surface area (Å²) in [6.07, 6.45) is -10.8. The van der Waals surface area contributed by atoms with Crippen molar-refractivity contribution >= 4 is 30.0 Å². The highest BCUT2D eigenvalue weighted by atomic mass is 16.7. The first kappa shape index (κ1) is 47.5. The van der Waals surface area contributed by atoms with Crippen molar-refractivity contribution in [3.8, 4) is 0 Å². The van der Waals surface area contributed by atoms with Crippen LogP contribution in [0.1, 0.15) is 98.9 Å². The van der Waals surface area contributed by atoms with Crippen LogP contribution >= 0.6 is 0 Å². The summed E-state index contributed by atoms with van der Waals surface area (Å²) < 4.78 is 47.6. The van der Waals surface area contributed by atoms with E-state index in [0.717, 1.165) is 7.11 Å². The summed E-state index contributed by atoms with van der Waals surface area (Å²) in [5.74, 6) is -3.85. The highest BCUT2D eigenvalue weighted by Crippen LogP contribution is 2.65. The van der Waals surface area contributed by atoms with Crippen LogP contribution in [-0.2, 0) is 47.5 Å². The molecule has 16 nitrogen and oxygen atoms in total. The predicted molar refractivity (Wildman–Crippen MR) is 218 cm³/mol. The molecule has 2 bridgehead atoms. The van der Waals surface area contributed by atoms with Gasteiger partial charge in [0.15, 0.2) is 23.6 Å². The molecule has 3 aliphatic carbocycles. The fraction of sp³-hybridized carbons (Fsp3) is 0.667. The molecule has 61 heavy (non-hydrogen) atoms. The van der Waals surface area contributed by atoms with Crippen molar-refractivity contribution in [3.05, 3.63) is 59.4 Å². The van der Waals surface area contributed by atoms with E-state index in [2.05, 4.69) is 11.9 Å². The van der Waals surface area contributed by atoms with E-state index < -0.39 is 113 Å². The normalized spacial score (nSPS) is 32.6. The molecule has 338 valence electrons. The van der Waals surface area contributed by atoms with Crippen LogP contribution in [0, 0.1) is 22.7 Å². The number of methoxy groups -OCH3 is 2. The number of hydrogen-bond donors (Lipinski definition) is 3. The molecule has 0 aromatic heterocycles. The van der Waals surface area contributed by atoms with Crippen LogP contribution in [0.2, 0.25) is 0 Å². The van der Waals surface area contributed by atoms with E-state index in [4.69, 9.17) is 37.9 Å². The van der Waals surface area contributed by atoms with Crippen LogP contribution in [0.15, 0.2) is 53.8 Å². The number of fused-ring (bicyclic) bond motifs is 5. The van der Waals surface area contributed by atoms with Crippen LogP contribution in [-0.4, -0.2) is 120 Å². The molecule has 0 spiro atoms. The molecule has 1 amide bonds. The van der Waals surface area contributed by atoms with Crippen molar-refractivity contribution in [2.45, 2.75) is 148 Å². The molecule has 16 heteroatoms. The second-order valence-electron chi connectivity index (χ2n) is 18.9. The Balaban J connectivity index is 1.75. The van der Waals surface area contributed by atoms with Gasteiger partial charge >= 0.3 is 24.2 Å². The van der Waals surface area contributed by atoms with E-state index in [1.54, 1.807) is 85.7 Å². The molecule has 3 N–H and O–H groups in total. The van der Waals surface area contributed by atoms with E-state index in [9.17, 15) is 29.4 Å². The van der Waals surface area contributed by atoms with Crippen LogP contribution in [0.3, 0.4) is 0 Å². The number of alkyl carbamates (subject to hydrolysis) is 1. The number of nitrogens with one attached hydrogen (secondary N) is 1. The Bertz CT molecular complexity index is 1900. The molecule has 11 atom stereocenters. The van der Waals surface area contributed by atoms with Crippen molar-refractivity contribution in [3.63, 3.8) is 0 Å². The van der Waals surface area contributed by atoms with Crippen molar-refractivity contribution in [1.29, 1.82) is 0 Å². The van der Waals surface area contributed by atoms with Crippen molar-refractivity contribution in [2.75, 3.05) is 20.8 Å². The van der Waals surface area contributed by atoms with Crippen LogP contribution in [0.4, 0.5) is 9.59 Å². The summed E-state index contributed by atoms with van der Waals surface area (Å²) in [5, 5.41) is 27.9. The summed E-state index contributed by atoms with van der Waals surface area (Å²) in [6.45, 7) is 20.6. The first-order chi connectivity index (χ1) is 28.3. The van der Waals surface area contributed by atoms with E-state index in [0.29, 0.717) is 0 Å². The van der Waals surface area contributed by atoms with Gasteiger partial charge in [-0.2, -0.15) is 0 Å². The highest BCUT2D eigenvalue weighted by Gasteiger charge is 2.78. The Hall–Kier alpha value is -4.51. The summed E-state index contributed by atoms with van der Waals surface area (Å²) in [7, 11) is 2.50. The van der Waals surface area contributed by atoms with E-state index >= 15 is 4.79 Å². The van der Waals surface area contributed by atoms with Crippen LogP contribution in [0.5, 0.6) is 0 Å². The number of esters is 2. The van der Waals surface area contributed by atoms with Crippen molar-refractivity contribution in [2.24, 2.45) is 22.7 Å². The first-order valence-corrected chi connectivity index (χ1v) is 20.6. The van der Waals surface area contributed by atoms with Gasteiger partial charge in [-0.15, -0.1) is 0 Å². The van der Waals surface area contributed by atoms with Gasteiger partial charge in [0, 0.05) is 25.4 Å². The highest BCUT2D eigenvalue weighted by molar-refractivity contribution is 5.95. The average Bonchev–Trinajstić information content (AvgIpc) is 3.16. The number of allylic oxidation sites excluding steroid dienone is 1. The molecule has 2 saturated carbocycles. The minimum Gasteiger partial charge on any atom is -0.487 e.